The third-order valence-electron chi connectivity index (χ3n) is 4.32. The lowest BCUT2D eigenvalue weighted by molar-refractivity contribution is -0.113. The number of aromatic nitrogens is 3. The Labute approximate surface area is 169 Å². The number of hydrogen-bond acceptors (Lipinski definition) is 5. The fourth-order valence-corrected chi connectivity index (χ4v) is 3.53. The maximum Gasteiger partial charge on any atom is 0.234 e. The van der Waals surface area contributed by atoms with Crippen molar-refractivity contribution in [1.82, 2.24) is 14.8 Å². The van der Waals surface area contributed by atoms with Gasteiger partial charge in [0.1, 0.15) is 5.76 Å². The summed E-state index contributed by atoms with van der Waals surface area (Å²) in [6.45, 7) is 10.5. The number of amides is 1. The molecule has 0 aliphatic carbocycles. The lowest BCUT2D eigenvalue weighted by Gasteiger charge is -2.09. The summed E-state index contributed by atoms with van der Waals surface area (Å²) in [7, 11) is 0. The second kappa shape index (κ2) is 8.93. The number of nitrogens with zero attached hydrogens (tertiary/aromatic N) is 3. The number of allylic oxidation sites excluding steroid dienone is 1. The minimum atomic E-state index is -0.0866. The molecule has 1 amide bonds. The summed E-state index contributed by atoms with van der Waals surface area (Å²) in [5, 5.41) is 12.1. The normalized spacial score (nSPS) is 11.0. The van der Waals surface area contributed by atoms with Crippen LogP contribution in [0.2, 0.25) is 0 Å². The average Bonchev–Trinajstić information content (AvgIpc) is 3.26. The van der Waals surface area contributed by atoms with Crippen LogP contribution in [0.3, 0.4) is 0 Å². The van der Waals surface area contributed by atoms with Gasteiger partial charge >= 0.3 is 0 Å². The molecule has 2 heterocycles. The van der Waals surface area contributed by atoms with Crippen LogP contribution in [-0.4, -0.2) is 26.4 Å². The molecule has 1 N–H and O–H groups in total. The molecule has 1 aromatic carbocycles. The van der Waals surface area contributed by atoms with Crippen LogP contribution in [0, 0.1) is 6.92 Å². The van der Waals surface area contributed by atoms with Crippen molar-refractivity contribution in [2.45, 2.75) is 38.4 Å². The first kappa shape index (κ1) is 19.9. The Morgan fingerprint density at radius 3 is 2.64 bits per heavy atom. The number of rotatable bonds is 8. The van der Waals surface area contributed by atoms with E-state index in [1.807, 2.05) is 41.8 Å². The molecule has 3 aromatic rings. The Hall–Kier alpha value is -2.80. The van der Waals surface area contributed by atoms with E-state index in [2.05, 4.69) is 35.9 Å². The maximum atomic E-state index is 12.3. The highest BCUT2D eigenvalue weighted by Crippen LogP contribution is 2.27. The highest BCUT2D eigenvalue weighted by molar-refractivity contribution is 7.99. The molecule has 3 rings (SSSR count). The molecule has 0 fully saturated rings. The summed E-state index contributed by atoms with van der Waals surface area (Å²) in [5.41, 5.74) is 2.92. The van der Waals surface area contributed by atoms with Crippen LogP contribution in [0.25, 0.3) is 11.4 Å². The molecule has 0 saturated heterocycles. The van der Waals surface area contributed by atoms with Gasteiger partial charge in [0.15, 0.2) is 11.0 Å². The molecular weight excluding hydrogens is 372 g/mol. The van der Waals surface area contributed by atoms with Crippen molar-refractivity contribution in [2.24, 2.45) is 0 Å². The topological polar surface area (TPSA) is 73.0 Å². The maximum absolute atomic E-state index is 12.3. The van der Waals surface area contributed by atoms with Gasteiger partial charge in [-0.1, -0.05) is 43.8 Å². The first-order chi connectivity index (χ1) is 13.5. The first-order valence-corrected chi connectivity index (χ1v) is 10.1. The average molecular weight is 397 g/mol. The standard InChI is InChI=1S/C21H24N4O2S/c1-5-11-25-20(18-10-12-27-15(18)4)23-24-21(25)28-13-19(26)22-17-8-6-16(7-9-17)14(2)3/h5-10,12,14H,1,11,13H2,2-4H3,(H,22,26). The minimum absolute atomic E-state index is 0.0866. The summed E-state index contributed by atoms with van der Waals surface area (Å²) in [6.07, 6.45) is 3.41. The fraction of sp³-hybridized carbons (Fsp3) is 0.286. The lowest BCUT2D eigenvalue weighted by atomic mass is 10.0. The van der Waals surface area contributed by atoms with Gasteiger partial charge in [0.25, 0.3) is 0 Å². The van der Waals surface area contributed by atoms with Crippen LogP contribution in [0.5, 0.6) is 0 Å². The summed E-state index contributed by atoms with van der Waals surface area (Å²) in [4.78, 5) is 12.3. The molecule has 0 atom stereocenters. The number of aryl methyl sites for hydroxylation is 1. The van der Waals surface area contributed by atoms with Gasteiger partial charge < -0.3 is 9.73 Å². The molecule has 6 nitrogen and oxygen atoms in total. The van der Waals surface area contributed by atoms with Gasteiger partial charge in [-0.3, -0.25) is 9.36 Å². The van der Waals surface area contributed by atoms with Crippen LogP contribution in [-0.2, 0) is 11.3 Å². The molecule has 2 aromatic heterocycles. The second-order valence-corrected chi connectivity index (χ2v) is 7.65. The largest absolute Gasteiger partial charge is 0.469 e. The van der Waals surface area contributed by atoms with Gasteiger partial charge in [-0.25, -0.2) is 0 Å². The highest BCUT2D eigenvalue weighted by atomic mass is 32.2. The smallest absolute Gasteiger partial charge is 0.234 e. The van der Waals surface area contributed by atoms with Gasteiger partial charge in [-0.2, -0.15) is 0 Å². The molecular formula is C21H24N4O2S. The number of carbonyl (C=O) groups excluding carboxylic acids is 1. The summed E-state index contributed by atoms with van der Waals surface area (Å²) in [6, 6.07) is 9.79. The van der Waals surface area contributed by atoms with E-state index >= 15 is 0 Å². The van der Waals surface area contributed by atoms with Crippen molar-refractivity contribution in [3.8, 4) is 11.4 Å². The number of furan rings is 1. The monoisotopic (exact) mass is 396 g/mol. The van der Waals surface area contributed by atoms with E-state index in [1.54, 1.807) is 12.3 Å². The predicted molar refractivity (Wildman–Crippen MR) is 113 cm³/mol. The zero-order valence-electron chi connectivity index (χ0n) is 16.3. The molecule has 0 unspecified atom stereocenters. The summed E-state index contributed by atoms with van der Waals surface area (Å²) >= 11 is 1.35. The lowest BCUT2D eigenvalue weighted by Crippen LogP contribution is -2.14. The Morgan fingerprint density at radius 2 is 2.04 bits per heavy atom. The molecule has 0 aliphatic rings. The summed E-state index contributed by atoms with van der Waals surface area (Å²) < 4.78 is 7.30. The molecule has 0 radical (unpaired) electrons. The van der Waals surface area contributed by atoms with E-state index in [-0.39, 0.29) is 11.7 Å². The Morgan fingerprint density at radius 1 is 1.29 bits per heavy atom. The Kier molecular flexibility index (Phi) is 6.36. The Bertz CT molecular complexity index is 957. The van der Waals surface area contributed by atoms with Gasteiger partial charge in [0.05, 0.1) is 17.6 Å². The van der Waals surface area contributed by atoms with E-state index in [4.69, 9.17) is 4.42 Å². The Balaban J connectivity index is 1.67. The first-order valence-electron chi connectivity index (χ1n) is 9.10. The molecule has 146 valence electrons. The third kappa shape index (κ3) is 4.54. The van der Waals surface area contributed by atoms with Crippen LogP contribution in [0.1, 0.15) is 31.1 Å². The van der Waals surface area contributed by atoms with E-state index < -0.39 is 0 Å². The highest BCUT2D eigenvalue weighted by Gasteiger charge is 2.17. The number of hydrogen-bond donors (Lipinski definition) is 1. The van der Waals surface area contributed by atoms with E-state index in [1.165, 1.54) is 17.3 Å². The number of thioether (sulfide) groups is 1. The van der Waals surface area contributed by atoms with Crippen LogP contribution in [0.4, 0.5) is 5.69 Å². The fourth-order valence-electron chi connectivity index (χ4n) is 2.78. The molecule has 0 aliphatic heterocycles. The van der Waals surface area contributed by atoms with Crippen molar-refractivity contribution < 1.29 is 9.21 Å². The van der Waals surface area contributed by atoms with Crippen LogP contribution in [0.15, 0.2) is 58.8 Å². The van der Waals surface area contributed by atoms with Crippen molar-refractivity contribution in [1.29, 1.82) is 0 Å². The van der Waals surface area contributed by atoms with E-state index in [0.717, 1.165) is 17.0 Å². The zero-order chi connectivity index (χ0) is 20.1. The second-order valence-electron chi connectivity index (χ2n) is 6.71. The molecule has 0 spiro atoms. The molecule has 7 heteroatoms. The van der Waals surface area contributed by atoms with Gasteiger partial charge in [-0.05, 0) is 36.6 Å². The van der Waals surface area contributed by atoms with Crippen LogP contribution < -0.4 is 5.32 Å². The molecule has 28 heavy (non-hydrogen) atoms. The third-order valence-corrected chi connectivity index (χ3v) is 5.29. The number of benzene rings is 1. The van der Waals surface area contributed by atoms with Gasteiger partial charge in [0.2, 0.25) is 5.91 Å². The molecule has 0 saturated carbocycles. The van der Waals surface area contributed by atoms with E-state index in [0.29, 0.717) is 23.4 Å². The predicted octanol–water partition coefficient (Wildman–Crippen LogP) is 4.89. The zero-order valence-corrected chi connectivity index (χ0v) is 17.1. The van der Waals surface area contributed by atoms with Gasteiger partial charge in [0, 0.05) is 12.2 Å². The van der Waals surface area contributed by atoms with Crippen molar-refractivity contribution in [3.63, 3.8) is 0 Å². The van der Waals surface area contributed by atoms with Crippen molar-refractivity contribution in [2.75, 3.05) is 11.1 Å². The quantitative estimate of drug-likeness (QED) is 0.434. The van der Waals surface area contributed by atoms with Crippen molar-refractivity contribution in [3.05, 3.63) is 60.6 Å². The van der Waals surface area contributed by atoms with Crippen LogP contribution >= 0.6 is 11.8 Å². The van der Waals surface area contributed by atoms with E-state index in [9.17, 15) is 4.79 Å². The van der Waals surface area contributed by atoms with Crippen molar-refractivity contribution >= 4 is 23.4 Å². The number of anilines is 1. The molecule has 0 bridgehead atoms. The van der Waals surface area contributed by atoms with Gasteiger partial charge in [-0.15, -0.1) is 16.8 Å². The minimum Gasteiger partial charge on any atom is -0.469 e. The SMILES string of the molecule is C=CCn1c(SCC(=O)Nc2ccc(C(C)C)cc2)nnc1-c1ccoc1C. The summed E-state index contributed by atoms with van der Waals surface area (Å²) in [5.74, 6) is 2.10. The number of carbonyl (C=O) groups is 1. The number of nitrogens with one attached hydrogen (secondary N) is 1.